The Morgan fingerprint density at radius 3 is 2.21 bits per heavy atom. The normalized spacial score (nSPS) is 13.1. The summed E-state index contributed by atoms with van der Waals surface area (Å²) in [4.78, 5) is 14.9. The number of sulfonamides is 1. The predicted octanol–water partition coefficient (Wildman–Crippen LogP) is 3.71. The van der Waals surface area contributed by atoms with Gasteiger partial charge in [0.2, 0.25) is 0 Å². The third-order valence-corrected chi connectivity index (χ3v) is 7.12. The van der Waals surface area contributed by atoms with Crippen LogP contribution in [0.15, 0.2) is 65.6 Å². The van der Waals surface area contributed by atoms with Crippen LogP contribution in [0.4, 0.5) is 5.69 Å². The minimum absolute atomic E-state index is 0.0889. The molecule has 8 nitrogen and oxygen atoms in total. The van der Waals surface area contributed by atoms with Crippen LogP contribution in [0.3, 0.4) is 0 Å². The highest BCUT2D eigenvalue weighted by atomic mass is 32.2. The number of rotatable bonds is 7. The molecule has 0 saturated carbocycles. The molecule has 1 heterocycles. The highest BCUT2D eigenvalue weighted by molar-refractivity contribution is 7.92. The van der Waals surface area contributed by atoms with Crippen molar-refractivity contribution in [2.24, 2.45) is 0 Å². The van der Waals surface area contributed by atoms with Crippen molar-refractivity contribution in [1.29, 1.82) is 0 Å². The molecular weight excluding hydrogens is 456 g/mol. The quantitative estimate of drug-likeness (QED) is 0.552. The van der Waals surface area contributed by atoms with Crippen LogP contribution < -0.4 is 18.9 Å². The minimum atomic E-state index is -3.79. The van der Waals surface area contributed by atoms with Gasteiger partial charge in [0.05, 0.1) is 26.2 Å². The summed E-state index contributed by atoms with van der Waals surface area (Å²) in [5, 5.41) is 0. The second kappa shape index (κ2) is 9.64. The molecule has 1 aliphatic heterocycles. The van der Waals surface area contributed by atoms with Crippen LogP contribution >= 0.6 is 0 Å². The molecule has 3 aromatic carbocycles. The maximum atomic E-state index is 13.1. The first-order valence-electron chi connectivity index (χ1n) is 10.6. The van der Waals surface area contributed by atoms with E-state index >= 15 is 0 Å². The molecule has 1 amide bonds. The van der Waals surface area contributed by atoms with Gasteiger partial charge in [-0.1, -0.05) is 6.07 Å². The second-order valence-corrected chi connectivity index (χ2v) is 9.50. The fourth-order valence-corrected chi connectivity index (χ4v) is 5.00. The minimum Gasteiger partial charge on any atom is -0.497 e. The number of methoxy groups -OCH3 is 3. The predicted molar refractivity (Wildman–Crippen MR) is 128 cm³/mol. The number of nitrogens with zero attached hydrogens (tertiary/aromatic N) is 1. The number of ether oxygens (including phenoxy) is 3. The first-order chi connectivity index (χ1) is 16.3. The van der Waals surface area contributed by atoms with Gasteiger partial charge in [0.1, 0.15) is 5.75 Å². The molecule has 0 spiro atoms. The lowest BCUT2D eigenvalue weighted by molar-refractivity contribution is 0.0734. The van der Waals surface area contributed by atoms with E-state index in [4.69, 9.17) is 14.2 Å². The number of hydrogen-bond acceptors (Lipinski definition) is 6. The van der Waals surface area contributed by atoms with Gasteiger partial charge in [-0.2, -0.15) is 0 Å². The monoisotopic (exact) mass is 482 g/mol. The van der Waals surface area contributed by atoms with Crippen molar-refractivity contribution in [3.8, 4) is 17.2 Å². The van der Waals surface area contributed by atoms with Gasteiger partial charge >= 0.3 is 0 Å². The fourth-order valence-electron chi connectivity index (χ4n) is 3.90. The highest BCUT2D eigenvalue weighted by Crippen LogP contribution is 2.33. The average Bonchev–Trinajstić information content (AvgIpc) is 2.87. The largest absolute Gasteiger partial charge is 0.497 e. The molecule has 0 aromatic heterocycles. The van der Waals surface area contributed by atoms with Crippen LogP contribution in [-0.2, 0) is 23.0 Å². The summed E-state index contributed by atoms with van der Waals surface area (Å²) in [6, 6.07) is 16.5. The van der Waals surface area contributed by atoms with Gasteiger partial charge < -0.3 is 19.1 Å². The summed E-state index contributed by atoms with van der Waals surface area (Å²) in [7, 11) is 0.867. The van der Waals surface area contributed by atoms with Gasteiger partial charge in [0.25, 0.3) is 15.9 Å². The van der Waals surface area contributed by atoms with Gasteiger partial charge in [-0.15, -0.1) is 0 Å². The van der Waals surface area contributed by atoms with Crippen molar-refractivity contribution in [3.05, 3.63) is 77.4 Å². The Morgan fingerprint density at radius 1 is 0.882 bits per heavy atom. The molecule has 0 unspecified atom stereocenters. The molecule has 9 heteroatoms. The van der Waals surface area contributed by atoms with E-state index in [0.717, 1.165) is 11.1 Å². The number of nitrogens with one attached hydrogen (secondary N) is 1. The van der Waals surface area contributed by atoms with Gasteiger partial charge in [-0.05, 0) is 66.1 Å². The van der Waals surface area contributed by atoms with Crippen LogP contribution in [0.5, 0.6) is 17.2 Å². The summed E-state index contributed by atoms with van der Waals surface area (Å²) in [6.07, 6.45) is 0.708. The summed E-state index contributed by atoms with van der Waals surface area (Å²) in [5.41, 5.74) is 2.98. The Labute approximate surface area is 199 Å². The van der Waals surface area contributed by atoms with Gasteiger partial charge in [-0.3, -0.25) is 9.52 Å². The lowest BCUT2D eigenvalue weighted by Gasteiger charge is -2.29. The first kappa shape index (κ1) is 23.4. The molecule has 0 atom stereocenters. The third kappa shape index (κ3) is 4.79. The lowest BCUT2D eigenvalue weighted by Crippen LogP contribution is -2.36. The summed E-state index contributed by atoms with van der Waals surface area (Å²) >= 11 is 0. The van der Waals surface area contributed by atoms with E-state index < -0.39 is 10.0 Å². The zero-order valence-electron chi connectivity index (χ0n) is 19.2. The van der Waals surface area contributed by atoms with E-state index in [0.29, 0.717) is 48.0 Å². The standard InChI is InChI=1S/C25H26N2O6S/c1-31-21-5-4-6-22(15-21)34(29,30)26-20-9-7-17(8-10-20)25(28)27-12-11-18-13-23(32-2)24(33-3)14-19(18)16-27/h4-10,13-15,26H,11-12,16H2,1-3H3. The third-order valence-electron chi connectivity index (χ3n) is 5.74. The van der Waals surface area contributed by atoms with Crippen LogP contribution in [0.1, 0.15) is 21.5 Å². The Hall–Kier alpha value is -3.72. The topological polar surface area (TPSA) is 94.2 Å². The Balaban J connectivity index is 1.47. The van der Waals surface area contributed by atoms with Crippen molar-refractivity contribution in [2.75, 3.05) is 32.6 Å². The molecule has 4 rings (SSSR count). The number of fused-ring (bicyclic) bond motifs is 1. The van der Waals surface area contributed by atoms with Crippen molar-refractivity contribution in [3.63, 3.8) is 0 Å². The molecule has 1 N–H and O–H groups in total. The molecule has 178 valence electrons. The number of anilines is 1. The molecule has 0 saturated heterocycles. The van der Waals surface area contributed by atoms with E-state index in [-0.39, 0.29) is 10.8 Å². The SMILES string of the molecule is COc1cccc(S(=O)(=O)Nc2ccc(C(=O)N3CCc4cc(OC)c(OC)cc4C3)cc2)c1. The molecule has 0 aliphatic carbocycles. The van der Waals surface area contributed by atoms with E-state index in [2.05, 4.69) is 4.72 Å². The maximum absolute atomic E-state index is 13.1. The van der Waals surface area contributed by atoms with Crippen molar-refractivity contribution in [2.45, 2.75) is 17.9 Å². The van der Waals surface area contributed by atoms with E-state index in [1.165, 1.54) is 19.2 Å². The smallest absolute Gasteiger partial charge is 0.262 e. The fraction of sp³-hybridized carbons (Fsp3) is 0.240. The van der Waals surface area contributed by atoms with Crippen LogP contribution in [0.25, 0.3) is 0 Å². The lowest BCUT2D eigenvalue weighted by atomic mass is 9.98. The molecule has 34 heavy (non-hydrogen) atoms. The van der Waals surface area contributed by atoms with Crippen molar-refractivity contribution >= 4 is 21.6 Å². The molecule has 0 bridgehead atoms. The number of carbonyl (C=O) groups is 1. The zero-order chi connectivity index (χ0) is 24.3. The van der Waals surface area contributed by atoms with Gasteiger partial charge in [-0.25, -0.2) is 8.42 Å². The Bertz CT molecular complexity index is 1310. The van der Waals surface area contributed by atoms with E-state index in [1.807, 2.05) is 12.1 Å². The van der Waals surface area contributed by atoms with Crippen molar-refractivity contribution < 1.29 is 27.4 Å². The first-order valence-corrected chi connectivity index (χ1v) is 12.1. The van der Waals surface area contributed by atoms with Crippen LogP contribution in [0, 0.1) is 0 Å². The van der Waals surface area contributed by atoms with E-state index in [9.17, 15) is 13.2 Å². The van der Waals surface area contributed by atoms with Gasteiger partial charge in [0.15, 0.2) is 11.5 Å². The zero-order valence-corrected chi connectivity index (χ0v) is 20.0. The summed E-state index contributed by atoms with van der Waals surface area (Å²) in [5.74, 6) is 1.63. The molecular formula is C25H26N2O6S. The molecule has 0 fully saturated rings. The average molecular weight is 483 g/mol. The number of benzene rings is 3. The van der Waals surface area contributed by atoms with Crippen LogP contribution in [0.2, 0.25) is 0 Å². The molecule has 3 aromatic rings. The number of hydrogen-bond donors (Lipinski definition) is 1. The highest BCUT2D eigenvalue weighted by Gasteiger charge is 2.24. The Morgan fingerprint density at radius 2 is 1.56 bits per heavy atom. The molecule has 0 radical (unpaired) electrons. The Kier molecular flexibility index (Phi) is 6.65. The van der Waals surface area contributed by atoms with Crippen LogP contribution in [-0.4, -0.2) is 47.1 Å². The summed E-state index contributed by atoms with van der Waals surface area (Å²) in [6.45, 7) is 1.03. The van der Waals surface area contributed by atoms with Gasteiger partial charge in [0, 0.05) is 30.4 Å². The molecule has 1 aliphatic rings. The maximum Gasteiger partial charge on any atom is 0.262 e. The summed E-state index contributed by atoms with van der Waals surface area (Å²) < 4.78 is 43.8. The van der Waals surface area contributed by atoms with Crippen molar-refractivity contribution in [1.82, 2.24) is 4.90 Å². The van der Waals surface area contributed by atoms with E-state index in [1.54, 1.807) is 55.5 Å². The second-order valence-electron chi connectivity index (χ2n) is 7.81. The number of carbonyl (C=O) groups excluding carboxylic acids is 1. The number of amides is 1.